The molecule has 32 heavy (non-hydrogen) atoms. The van der Waals surface area contributed by atoms with E-state index in [1.165, 1.54) is 16.8 Å². The molecule has 1 aliphatic heterocycles. The molecule has 9 heteroatoms. The minimum absolute atomic E-state index is 0.184. The van der Waals surface area contributed by atoms with E-state index in [1.807, 2.05) is 6.92 Å². The molecule has 2 aromatic carbocycles. The second kappa shape index (κ2) is 7.22. The van der Waals surface area contributed by atoms with Crippen molar-refractivity contribution in [2.45, 2.75) is 19.4 Å². The van der Waals surface area contributed by atoms with Crippen LogP contribution in [0.2, 0.25) is 0 Å². The first-order chi connectivity index (χ1) is 15.3. The first-order valence-corrected chi connectivity index (χ1v) is 10.0. The zero-order valence-corrected chi connectivity index (χ0v) is 17.2. The number of carbonyl (C=O) groups excluding carboxylic acids is 1. The number of hydrogen-bond acceptors (Lipinski definition) is 2. The quantitative estimate of drug-likeness (QED) is 0.355. The maximum Gasteiger partial charge on any atom is 0.256 e. The Morgan fingerprint density at radius 2 is 1.84 bits per heavy atom. The number of nitrogens with zero attached hydrogens (tertiary/aromatic N) is 3. The molecule has 0 saturated carbocycles. The number of benzene rings is 2. The molecule has 0 unspecified atom stereocenters. The molecular formula is C23H18F4N4O. The molecule has 0 saturated heterocycles. The van der Waals surface area contributed by atoms with E-state index < -0.39 is 29.3 Å². The highest BCUT2D eigenvalue weighted by atomic mass is 19.2. The second-order valence-electron chi connectivity index (χ2n) is 7.91. The van der Waals surface area contributed by atoms with E-state index in [9.17, 15) is 22.4 Å². The number of amides is 1. The van der Waals surface area contributed by atoms with Gasteiger partial charge < -0.3 is 9.88 Å². The molecule has 0 radical (unpaired) electrons. The van der Waals surface area contributed by atoms with Crippen LogP contribution in [-0.2, 0) is 13.5 Å². The fraction of sp³-hybridized carbons (Fsp3) is 0.217. The summed E-state index contributed by atoms with van der Waals surface area (Å²) in [5, 5.41) is 5.12. The van der Waals surface area contributed by atoms with Crippen molar-refractivity contribution in [3.05, 3.63) is 76.6 Å². The first kappa shape index (κ1) is 20.3. The van der Waals surface area contributed by atoms with Crippen LogP contribution in [0, 0.1) is 23.3 Å². The van der Waals surface area contributed by atoms with Crippen molar-refractivity contribution in [2.24, 2.45) is 7.05 Å². The number of aryl methyl sites for hydroxylation is 1. The van der Waals surface area contributed by atoms with Crippen molar-refractivity contribution in [3.63, 3.8) is 0 Å². The molecule has 5 nitrogen and oxygen atoms in total. The van der Waals surface area contributed by atoms with Gasteiger partial charge >= 0.3 is 0 Å². The van der Waals surface area contributed by atoms with Gasteiger partial charge in [0.2, 0.25) is 0 Å². The highest BCUT2D eigenvalue weighted by Gasteiger charge is 2.34. The van der Waals surface area contributed by atoms with Gasteiger partial charge in [-0.25, -0.2) is 17.6 Å². The number of aromatic amines is 1. The van der Waals surface area contributed by atoms with Crippen LogP contribution in [0.25, 0.3) is 22.2 Å². The third-order valence-corrected chi connectivity index (χ3v) is 6.03. The Labute approximate surface area is 180 Å². The van der Waals surface area contributed by atoms with Crippen molar-refractivity contribution in [1.82, 2.24) is 19.7 Å². The topological polar surface area (TPSA) is 53.9 Å². The monoisotopic (exact) mass is 442 g/mol. The Morgan fingerprint density at radius 3 is 2.56 bits per heavy atom. The highest BCUT2D eigenvalue weighted by Crippen LogP contribution is 2.37. The average Bonchev–Trinajstić information content (AvgIpc) is 3.32. The summed E-state index contributed by atoms with van der Waals surface area (Å²) in [6.45, 7) is 2.18. The van der Waals surface area contributed by atoms with E-state index in [2.05, 4.69) is 10.1 Å². The molecule has 4 aromatic rings. The van der Waals surface area contributed by atoms with Crippen molar-refractivity contribution in [1.29, 1.82) is 0 Å². The smallest absolute Gasteiger partial charge is 0.256 e. The maximum atomic E-state index is 13.8. The van der Waals surface area contributed by atoms with Gasteiger partial charge in [0.1, 0.15) is 5.82 Å². The highest BCUT2D eigenvalue weighted by molar-refractivity contribution is 6.07. The zero-order valence-electron chi connectivity index (χ0n) is 17.2. The summed E-state index contributed by atoms with van der Waals surface area (Å²) in [5.74, 6) is -4.69. The van der Waals surface area contributed by atoms with Gasteiger partial charge in [-0.2, -0.15) is 5.10 Å². The molecule has 0 bridgehead atoms. The lowest BCUT2D eigenvalue weighted by atomic mass is 9.95. The molecule has 3 heterocycles. The Balaban J connectivity index is 1.52. The number of hydrogen-bond donors (Lipinski definition) is 1. The van der Waals surface area contributed by atoms with Gasteiger partial charge in [-0.15, -0.1) is 0 Å². The summed E-state index contributed by atoms with van der Waals surface area (Å²) in [6, 6.07) is 5.68. The van der Waals surface area contributed by atoms with Crippen LogP contribution < -0.4 is 0 Å². The van der Waals surface area contributed by atoms with Gasteiger partial charge in [0.25, 0.3) is 5.91 Å². The number of fused-ring (bicyclic) bond motifs is 2. The molecule has 164 valence electrons. The lowest BCUT2D eigenvalue weighted by molar-refractivity contribution is 0.0675. The lowest BCUT2D eigenvalue weighted by Crippen LogP contribution is -2.38. The molecule has 1 atom stereocenters. The molecule has 1 amide bonds. The zero-order chi connectivity index (χ0) is 22.7. The van der Waals surface area contributed by atoms with Gasteiger partial charge in [0.05, 0.1) is 23.0 Å². The van der Waals surface area contributed by atoms with E-state index in [1.54, 1.807) is 24.2 Å². The third kappa shape index (κ3) is 2.99. The number of H-pyrrole nitrogens is 1. The predicted octanol–water partition coefficient (Wildman–Crippen LogP) is 4.88. The number of carbonyl (C=O) groups is 1. The van der Waals surface area contributed by atoms with Gasteiger partial charge in [-0.3, -0.25) is 9.48 Å². The molecular weight excluding hydrogens is 424 g/mol. The Kier molecular flexibility index (Phi) is 4.58. The largest absolute Gasteiger partial charge is 0.360 e. The van der Waals surface area contributed by atoms with E-state index in [0.29, 0.717) is 40.8 Å². The summed E-state index contributed by atoms with van der Waals surface area (Å²) in [7, 11) is 1.64. The Morgan fingerprint density at radius 1 is 1.12 bits per heavy atom. The van der Waals surface area contributed by atoms with Crippen molar-refractivity contribution < 1.29 is 22.4 Å². The number of aromatic nitrogens is 3. The summed E-state index contributed by atoms with van der Waals surface area (Å²) in [6.07, 6.45) is 1.97. The Bertz CT molecular complexity index is 1370. The van der Waals surface area contributed by atoms with E-state index in [-0.39, 0.29) is 11.5 Å². The normalized spacial score (nSPS) is 15.9. The van der Waals surface area contributed by atoms with Crippen LogP contribution in [0.5, 0.6) is 0 Å². The van der Waals surface area contributed by atoms with E-state index in [0.717, 1.165) is 17.7 Å². The number of nitrogens with one attached hydrogen (secondary N) is 1. The first-order valence-electron chi connectivity index (χ1n) is 10.0. The lowest BCUT2D eigenvalue weighted by Gasteiger charge is -2.33. The van der Waals surface area contributed by atoms with Gasteiger partial charge in [-0.1, -0.05) is 0 Å². The van der Waals surface area contributed by atoms with Crippen molar-refractivity contribution >= 4 is 16.8 Å². The fourth-order valence-electron chi connectivity index (χ4n) is 4.51. The van der Waals surface area contributed by atoms with E-state index >= 15 is 0 Å². The fourth-order valence-corrected chi connectivity index (χ4v) is 4.51. The van der Waals surface area contributed by atoms with Gasteiger partial charge in [-0.05, 0) is 43.7 Å². The molecule has 5 rings (SSSR count). The SMILES string of the molecule is C[C@H]1c2nn(C)c(-c3cc(F)c(F)c(F)c3)c2CCN1C(=O)c1c[nH]c2cc(F)ccc12. The molecule has 1 aliphatic rings. The molecule has 0 spiro atoms. The van der Waals surface area contributed by atoms with Crippen LogP contribution >= 0.6 is 0 Å². The predicted molar refractivity (Wildman–Crippen MR) is 110 cm³/mol. The minimum Gasteiger partial charge on any atom is -0.360 e. The number of halogens is 4. The summed E-state index contributed by atoms with van der Waals surface area (Å²) in [5.41, 5.74) is 2.99. The molecule has 2 aromatic heterocycles. The molecule has 0 fully saturated rings. The maximum absolute atomic E-state index is 13.8. The summed E-state index contributed by atoms with van der Waals surface area (Å²) >= 11 is 0. The van der Waals surface area contributed by atoms with Gasteiger partial charge in [0, 0.05) is 41.8 Å². The number of rotatable bonds is 2. The van der Waals surface area contributed by atoms with Crippen molar-refractivity contribution in [2.75, 3.05) is 6.54 Å². The van der Waals surface area contributed by atoms with Crippen LogP contribution in [0.15, 0.2) is 36.5 Å². The average molecular weight is 442 g/mol. The van der Waals surface area contributed by atoms with Crippen LogP contribution in [0.1, 0.15) is 34.6 Å². The summed E-state index contributed by atoms with van der Waals surface area (Å²) < 4.78 is 56.1. The van der Waals surface area contributed by atoms with E-state index in [4.69, 9.17) is 0 Å². The third-order valence-electron chi connectivity index (χ3n) is 6.03. The molecule has 0 aliphatic carbocycles. The standard InChI is InChI=1S/C23H18F4N4O/c1-11-21-15(22(30(2)29-21)12-7-17(25)20(27)18(26)8-12)5-6-31(11)23(32)16-10-28-19-9-13(24)3-4-14(16)19/h3-4,7-11,28H,5-6H2,1-2H3/t11-/m0/s1. The van der Waals surface area contributed by atoms with Crippen LogP contribution in [0.4, 0.5) is 17.6 Å². The summed E-state index contributed by atoms with van der Waals surface area (Å²) in [4.78, 5) is 17.9. The van der Waals surface area contributed by atoms with Crippen LogP contribution in [0.3, 0.4) is 0 Å². The van der Waals surface area contributed by atoms with Crippen molar-refractivity contribution in [3.8, 4) is 11.3 Å². The second-order valence-corrected chi connectivity index (χ2v) is 7.91. The minimum atomic E-state index is -1.52. The van der Waals surface area contributed by atoms with Gasteiger partial charge in [0.15, 0.2) is 17.5 Å². The van der Waals surface area contributed by atoms with Crippen LogP contribution in [-0.4, -0.2) is 32.1 Å². The Hall–Kier alpha value is -3.62. The molecule has 1 N–H and O–H groups in total.